The van der Waals surface area contributed by atoms with Crippen LogP contribution in [0.3, 0.4) is 0 Å². The number of anilines is 1. The zero-order chi connectivity index (χ0) is 12.4. The summed E-state index contributed by atoms with van der Waals surface area (Å²) in [6, 6.07) is 5.74. The number of nitrogens with zero attached hydrogens (tertiary/aromatic N) is 3. The maximum absolute atomic E-state index is 5.98. The Balaban J connectivity index is 1.73. The van der Waals surface area contributed by atoms with Crippen LogP contribution in [0.15, 0.2) is 43.1 Å². The predicted molar refractivity (Wildman–Crippen MR) is 66.1 cm³/mol. The topological polar surface area (TPSA) is 72.2 Å². The monoisotopic (exact) mass is 244 g/mol. The van der Waals surface area contributed by atoms with Gasteiger partial charge in [-0.05, 0) is 12.1 Å². The van der Waals surface area contributed by atoms with E-state index in [4.69, 9.17) is 10.5 Å². The van der Waals surface area contributed by atoms with Crippen molar-refractivity contribution < 1.29 is 9.30 Å². The molecule has 0 aromatic carbocycles. The summed E-state index contributed by atoms with van der Waals surface area (Å²) in [4.78, 5) is 2.97. The van der Waals surface area contributed by atoms with Gasteiger partial charge >= 0.3 is 0 Å². The maximum Gasteiger partial charge on any atom is 0.257 e. The van der Waals surface area contributed by atoms with Crippen LogP contribution in [-0.4, -0.2) is 21.2 Å². The summed E-state index contributed by atoms with van der Waals surface area (Å²) >= 11 is 0. The molecule has 18 heavy (non-hydrogen) atoms. The quantitative estimate of drug-likeness (QED) is 0.660. The van der Waals surface area contributed by atoms with Crippen LogP contribution in [0, 0.1) is 0 Å². The van der Waals surface area contributed by atoms with E-state index in [1.165, 1.54) is 0 Å². The lowest BCUT2D eigenvalue weighted by Gasteiger charge is -2.00. The fourth-order valence-electron chi connectivity index (χ4n) is 1.81. The molecule has 0 fully saturated rings. The zero-order valence-corrected chi connectivity index (χ0v) is 9.78. The standard InChI is InChI=1S/C12H13N5O/c13-11-10-3-1-2-5-17(10)15-12(11)18-8-7-16-6-4-14-9-16/h1-6,9H,7-8,13H2/p+1. The Morgan fingerprint density at radius 3 is 3.17 bits per heavy atom. The lowest BCUT2D eigenvalue weighted by molar-refractivity contribution is -0.696. The molecule has 0 spiro atoms. The van der Waals surface area contributed by atoms with Crippen molar-refractivity contribution in [3.8, 4) is 5.88 Å². The molecule has 0 aliphatic heterocycles. The number of pyridine rings is 1. The summed E-state index contributed by atoms with van der Waals surface area (Å²) in [7, 11) is 0. The molecule has 3 rings (SSSR count). The Labute approximate surface area is 104 Å². The molecule has 0 atom stereocenters. The van der Waals surface area contributed by atoms with Crippen LogP contribution in [0.5, 0.6) is 5.88 Å². The van der Waals surface area contributed by atoms with Crippen LogP contribution >= 0.6 is 0 Å². The molecule has 3 aromatic rings. The van der Waals surface area contributed by atoms with Gasteiger partial charge in [-0.25, -0.2) is 9.08 Å². The highest BCUT2D eigenvalue weighted by Gasteiger charge is 2.10. The number of H-pyrrole nitrogens is 1. The van der Waals surface area contributed by atoms with Crippen LogP contribution in [-0.2, 0) is 6.54 Å². The van der Waals surface area contributed by atoms with Crippen molar-refractivity contribution in [2.45, 2.75) is 6.54 Å². The molecule has 6 heteroatoms. The molecule has 0 amide bonds. The van der Waals surface area contributed by atoms with Crippen LogP contribution < -0.4 is 15.0 Å². The molecule has 3 aromatic heterocycles. The number of fused-ring (bicyclic) bond motifs is 1. The Kier molecular flexibility index (Phi) is 2.60. The first-order valence-corrected chi connectivity index (χ1v) is 5.72. The molecule has 0 saturated heterocycles. The van der Waals surface area contributed by atoms with E-state index in [1.807, 2.05) is 47.7 Å². The van der Waals surface area contributed by atoms with Gasteiger partial charge in [-0.15, -0.1) is 5.10 Å². The lowest BCUT2D eigenvalue weighted by Crippen LogP contribution is -2.33. The number of nitrogens with one attached hydrogen (secondary N) is 1. The average Bonchev–Trinajstić information content (AvgIpc) is 3.00. The number of hydrogen-bond acceptors (Lipinski definition) is 3. The van der Waals surface area contributed by atoms with Crippen molar-refractivity contribution in [3.05, 3.63) is 43.1 Å². The average molecular weight is 244 g/mol. The van der Waals surface area contributed by atoms with Gasteiger partial charge in [0.05, 0.1) is 5.52 Å². The summed E-state index contributed by atoms with van der Waals surface area (Å²) in [6.45, 7) is 1.27. The van der Waals surface area contributed by atoms with Crippen LogP contribution in [0.4, 0.5) is 5.69 Å². The summed E-state index contributed by atoms with van der Waals surface area (Å²) in [6.07, 6.45) is 7.52. The summed E-state index contributed by atoms with van der Waals surface area (Å²) < 4.78 is 9.31. The van der Waals surface area contributed by atoms with Crippen LogP contribution in [0.2, 0.25) is 0 Å². The van der Waals surface area contributed by atoms with Crippen LogP contribution in [0.25, 0.3) is 5.52 Å². The van der Waals surface area contributed by atoms with Gasteiger partial charge in [-0.2, -0.15) is 0 Å². The minimum atomic E-state index is 0.484. The van der Waals surface area contributed by atoms with Gasteiger partial charge in [-0.1, -0.05) is 6.07 Å². The normalized spacial score (nSPS) is 10.9. The lowest BCUT2D eigenvalue weighted by atomic mass is 10.4. The largest absolute Gasteiger partial charge is 0.471 e. The Hall–Kier alpha value is -2.50. The summed E-state index contributed by atoms with van der Waals surface area (Å²) in [5, 5.41) is 4.28. The minimum Gasteiger partial charge on any atom is -0.471 e. The minimum absolute atomic E-state index is 0.484. The third kappa shape index (κ3) is 1.88. The van der Waals surface area contributed by atoms with Crippen molar-refractivity contribution >= 4 is 11.2 Å². The highest BCUT2D eigenvalue weighted by atomic mass is 16.5. The second-order valence-corrected chi connectivity index (χ2v) is 3.95. The van der Waals surface area contributed by atoms with Gasteiger partial charge in [0, 0.05) is 6.20 Å². The third-order valence-corrected chi connectivity index (χ3v) is 2.74. The van der Waals surface area contributed by atoms with Crippen molar-refractivity contribution in [3.63, 3.8) is 0 Å². The predicted octanol–water partition coefficient (Wildman–Crippen LogP) is 0.611. The van der Waals surface area contributed by atoms with Gasteiger partial charge in [0.2, 0.25) is 6.33 Å². The van der Waals surface area contributed by atoms with Crippen LogP contribution in [0.1, 0.15) is 0 Å². The molecule has 3 N–H and O–H groups in total. The third-order valence-electron chi connectivity index (χ3n) is 2.74. The maximum atomic E-state index is 5.98. The van der Waals surface area contributed by atoms with E-state index in [-0.39, 0.29) is 0 Å². The van der Waals surface area contributed by atoms with Gasteiger partial charge in [0.15, 0.2) is 0 Å². The zero-order valence-electron chi connectivity index (χ0n) is 9.78. The summed E-state index contributed by atoms with van der Waals surface area (Å²) in [5.74, 6) is 0.484. The smallest absolute Gasteiger partial charge is 0.257 e. The molecule has 0 unspecified atom stereocenters. The fourth-order valence-corrected chi connectivity index (χ4v) is 1.81. The molecule has 0 aliphatic rings. The molecule has 3 heterocycles. The second kappa shape index (κ2) is 4.40. The first-order chi connectivity index (χ1) is 8.84. The van der Waals surface area contributed by atoms with Crippen molar-refractivity contribution in [2.24, 2.45) is 0 Å². The number of ether oxygens (including phenoxy) is 1. The fraction of sp³-hybridized carbons (Fsp3) is 0.167. The Bertz CT molecular complexity index is 644. The van der Waals surface area contributed by atoms with E-state index >= 15 is 0 Å². The summed E-state index contributed by atoms with van der Waals surface area (Å²) in [5.41, 5.74) is 7.42. The highest BCUT2D eigenvalue weighted by Crippen LogP contribution is 2.24. The van der Waals surface area contributed by atoms with Gasteiger partial charge < -0.3 is 10.5 Å². The highest BCUT2D eigenvalue weighted by molar-refractivity contribution is 5.74. The number of aromatic amines is 1. The van der Waals surface area contributed by atoms with Crippen molar-refractivity contribution in [2.75, 3.05) is 12.3 Å². The number of hydrogen-bond donors (Lipinski definition) is 2. The molecule has 6 nitrogen and oxygen atoms in total. The molecule has 0 aliphatic carbocycles. The molecule has 92 valence electrons. The van der Waals surface area contributed by atoms with Gasteiger partial charge in [0.25, 0.3) is 5.88 Å². The Morgan fingerprint density at radius 2 is 2.39 bits per heavy atom. The van der Waals surface area contributed by atoms with E-state index in [9.17, 15) is 0 Å². The number of nitrogens with two attached hydrogens (primary N) is 1. The number of rotatable bonds is 4. The van der Waals surface area contributed by atoms with E-state index in [0.29, 0.717) is 18.2 Å². The molecule has 0 saturated carbocycles. The van der Waals surface area contributed by atoms with Gasteiger partial charge in [0.1, 0.15) is 31.2 Å². The van der Waals surface area contributed by atoms with E-state index < -0.39 is 0 Å². The molecular formula is C12H14N5O+. The Morgan fingerprint density at radius 1 is 1.44 bits per heavy atom. The van der Waals surface area contributed by atoms with E-state index in [0.717, 1.165) is 12.1 Å². The van der Waals surface area contributed by atoms with Gasteiger partial charge in [-0.3, -0.25) is 4.98 Å². The molecular weight excluding hydrogens is 230 g/mol. The molecule has 0 radical (unpaired) electrons. The number of aromatic nitrogens is 4. The first-order valence-electron chi connectivity index (χ1n) is 5.72. The number of imidazole rings is 1. The number of nitrogen functional groups attached to an aromatic ring is 1. The van der Waals surface area contributed by atoms with E-state index in [2.05, 4.69) is 10.1 Å². The SMILES string of the molecule is Nc1c(OCC[n+]2cc[nH]c2)nn2ccccc12. The van der Waals surface area contributed by atoms with Crippen molar-refractivity contribution in [1.29, 1.82) is 0 Å². The van der Waals surface area contributed by atoms with E-state index in [1.54, 1.807) is 4.52 Å². The van der Waals surface area contributed by atoms with Crippen molar-refractivity contribution in [1.82, 2.24) is 14.6 Å². The molecule has 0 bridgehead atoms. The second-order valence-electron chi connectivity index (χ2n) is 3.95. The first kappa shape index (κ1) is 10.6.